The molecule has 3 fully saturated rings. The quantitative estimate of drug-likeness (QED) is 0.799. The predicted molar refractivity (Wildman–Crippen MR) is 113 cm³/mol. The van der Waals surface area contributed by atoms with Gasteiger partial charge >= 0.3 is 0 Å². The number of carbonyl (C=O) groups is 1. The molecule has 28 heavy (non-hydrogen) atoms. The molecule has 0 aromatic carbocycles. The Labute approximate surface area is 169 Å². The Hall–Kier alpha value is -1.85. The summed E-state index contributed by atoms with van der Waals surface area (Å²) in [6.45, 7) is 8.22. The van der Waals surface area contributed by atoms with Gasteiger partial charge in [0.25, 0.3) is 0 Å². The minimum atomic E-state index is 0.192. The number of hydrogen-bond acceptors (Lipinski definition) is 5. The highest BCUT2D eigenvalue weighted by molar-refractivity contribution is 5.79. The van der Waals surface area contributed by atoms with Crippen LogP contribution in [-0.4, -0.2) is 60.3 Å². The Balaban J connectivity index is 1.29. The van der Waals surface area contributed by atoms with E-state index in [1.165, 1.54) is 38.5 Å². The average Bonchev–Trinajstić information content (AvgIpc) is 3.04. The molecule has 0 saturated carbocycles. The summed E-state index contributed by atoms with van der Waals surface area (Å²) >= 11 is 0. The van der Waals surface area contributed by atoms with Gasteiger partial charge in [-0.25, -0.2) is 0 Å². The number of likely N-dealkylation sites (tertiary alicyclic amines) is 1. The Bertz CT molecular complexity index is 625. The average molecular weight is 386 g/mol. The maximum absolute atomic E-state index is 12.9. The number of anilines is 2. The molecule has 1 aromatic heterocycles. The summed E-state index contributed by atoms with van der Waals surface area (Å²) in [5.41, 5.74) is 0. The van der Waals surface area contributed by atoms with Gasteiger partial charge in [-0.15, -0.1) is 10.2 Å². The van der Waals surface area contributed by atoms with Gasteiger partial charge in [-0.05, 0) is 56.6 Å². The zero-order chi connectivity index (χ0) is 19.3. The van der Waals surface area contributed by atoms with E-state index in [4.69, 9.17) is 0 Å². The molecule has 1 amide bonds. The molecule has 0 N–H and O–H groups in total. The highest BCUT2D eigenvalue weighted by Gasteiger charge is 2.29. The van der Waals surface area contributed by atoms with Crippen LogP contribution in [0.2, 0.25) is 0 Å². The molecule has 0 radical (unpaired) electrons. The summed E-state index contributed by atoms with van der Waals surface area (Å²) in [4.78, 5) is 19.6. The van der Waals surface area contributed by atoms with E-state index in [1.807, 2.05) is 0 Å². The summed E-state index contributed by atoms with van der Waals surface area (Å²) in [7, 11) is 0. The Morgan fingerprint density at radius 1 is 0.786 bits per heavy atom. The van der Waals surface area contributed by atoms with Crippen molar-refractivity contribution in [3.05, 3.63) is 12.1 Å². The smallest absolute Gasteiger partial charge is 0.225 e. The Morgan fingerprint density at radius 2 is 1.29 bits per heavy atom. The second kappa shape index (κ2) is 9.10. The van der Waals surface area contributed by atoms with Gasteiger partial charge in [-0.3, -0.25) is 4.79 Å². The summed E-state index contributed by atoms with van der Waals surface area (Å²) in [6.07, 6.45) is 9.22. The van der Waals surface area contributed by atoms with Crippen LogP contribution in [0.4, 0.5) is 11.6 Å². The first-order chi connectivity index (χ1) is 13.7. The zero-order valence-corrected chi connectivity index (χ0v) is 17.4. The van der Waals surface area contributed by atoms with Crippen LogP contribution in [0.5, 0.6) is 0 Å². The first-order valence-electron chi connectivity index (χ1n) is 11.3. The molecule has 0 spiro atoms. The monoisotopic (exact) mass is 385 g/mol. The summed E-state index contributed by atoms with van der Waals surface area (Å²) < 4.78 is 0. The van der Waals surface area contributed by atoms with Crippen molar-refractivity contribution in [3.63, 3.8) is 0 Å². The number of piperidine rings is 2. The van der Waals surface area contributed by atoms with Crippen molar-refractivity contribution in [3.8, 4) is 0 Å². The predicted octanol–water partition coefficient (Wildman–Crippen LogP) is 3.33. The van der Waals surface area contributed by atoms with Crippen LogP contribution in [0.3, 0.4) is 0 Å². The third kappa shape index (κ3) is 4.58. The molecule has 3 aliphatic rings. The lowest BCUT2D eigenvalue weighted by Crippen LogP contribution is -2.43. The standard InChI is InChI=1S/C22H35N5O/c1-18-8-14-25(15-9-18)20-6-7-21(24-23-20)26-16-10-19(11-17-26)22(28)27-12-4-2-3-5-13-27/h6-7,18-19H,2-5,8-17H2,1H3. The molecule has 1 aromatic rings. The van der Waals surface area contributed by atoms with Crippen molar-refractivity contribution in [1.82, 2.24) is 15.1 Å². The summed E-state index contributed by atoms with van der Waals surface area (Å²) in [5, 5.41) is 9.01. The van der Waals surface area contributed by atoms with Crippen molar-refractivity contribution in [1.29, 1.82) is 0 Å². The van der Waals surface area contributed by atoms with Crippen LogP contribution in [-0.2, 0) is 4.79 Å². The lowest BCUT2D eigenvalue weighted by atomic mass is 9.95. The number of amides is 1. The van der Waals surface area contributed by atoms with Gasteiger partial charge in [0, 0.05) is 45.2 Å². The van der Waals surface area contributed by atoms with Crippen LogP contribution in [0, 0.1) is 11.8 Å². The molecule has 0 bridgehead atoms. The number of carbonyl (C=O) groups excluding carboxylic acids is 1. The molecule has 6 heteroatoms. The number of rotatable bonds is 3. The molecule has 4 heterocycles. The third-order valence-corrected chi connectivity index (χ3v) is 6.83. The molecular weight excluding hydrogens is 350 g/mol. The SMILES string of the molecule is CC1CCN(c2ccc(N3CCC(C(=O)N4CCCCCC4)CC3)nn2)CC1. The highest BCUT2D eigenvalue weighted by atomic mass is 16.2. The van der Waals surface area contributed by atoms with Crippen molar-refractivity contribution in [2.45, 2.75) is 58.3 Å². The fourth-order valence-electron chi connectivity index (χ4n) is 4.80. The lowest BCUT2D eigenvalue weighted by Gasteiger charge is -2.35. The molecule has 3 aliphatic heterocycles. The maximum atomic E-state index is 12.9. The number of nitrogens with zero attached hydrogens (tertiary/aromatic N) is 5. The molecule has 0 atom stereocenters. The van der Waals surface area contributed by atoms with Gasteiger partial charge < -0.3 is 14.7 Å². The van der Waals surface area contributed by atoms with Gasteiger partial charge in [0.2, 0.25) is 5.91 Å². The maximum Gasteiger partial charge on any atom is 0.225 e. The number of hydrogen-bond donors (Lipinski definition) is 0. The van der Waals surface area contributed by atoms with Crippen LogP contribution in [0.15, 0.2) is 12.1 Å². The molecule has 3 saturated heterocycles. The van der Waals surface area contributed by atoms with Gasteiger partial charge in [0.1, 0.15) is 0 Å². The molecule has 154 valence electrons. The van der Waals surface area contributed by atoms with Crippen molar-refractivity contribution < 1.29 is 4.79 Å². The van der Waals surface area contributed by atoms with Crippen LogP contribution >= 0.6 is 0 Å². The number of aromatic nitrogens is 2. The van der Waals surface area contributed by atoms with Gasteiger partial charge in [0.15, 0.2) is 11.6 Å². The Morgan fingerprint density at radius 3 is 1.79 bits per heavy atom. The first-order valence-corrected chi connectivity index (χ1v) is 11.3. The fraction of sp³-hybridized carbons (Fsp3) is 0.773. The minimum absolute atomic E-state index is 0.192. The van der Waals surface area contributed by atoms with Gasteiger partial charge in [0.05, 0.1) is 0 Å². The van der Waals surface area contributed by atoms with Crippen molar-refractivity contribution >= 4 is 17.5 Å². The van der Waals surface area contributed by atoms with Crippen LogP contribution < -0.4 is 9.80 Å². The lowest BCUT2D eigenvalue weighted by molar-refractivity contribution is -0.136. The van der Waals surface area contributed by atoms with E-state index in [2.05, 4.69) is 44.0 Å². The molecule has 0 unspecified atom stereocenters. The minimum Gasteiger partial charge on any atom is -0.355 e. The fourth-order valence-corrected chi connectivity index (χ4v) is 4.80. The largest absolute Gasteiger partial charge is 0.355 e. The normalized spacial score (nSPS) is 23.0. The molecule has 4 rings (SSSR count). The highest BCUT2D eigenvalue weighted by Crippen LogP contribution is 2.26. The Kier molecular flexibility index (Phi) is 6.33. The zero-order valence-electron chi connectivity index (χ0n) is 17.4. The van der Waals surface area contributed by atoms with E-state index in [-0.39, 0.29) is 5.92 Å². The third-order valence-electron chi connectivity index (χ3n) is 6.83. The second-order valence-electron chi connectivity index (χ2n) is 8.92. The van der Waals surface area contributed by atoms with Crippen molar-refractivity contribution in [2.75, 3.05) is 49.1 Å². The molecular formula is C22H35N5O. The van der Waals surface area contributed by atoms with E-state index in [0.29, 0.717) is 5.91 Å². The van der Waals surface area contributed by atoms with Crippen LogP contribution in [0.25, 0.3) is 0 Å². The van der Waals surface area contributed by atoms with E-state index in [9.17, 15) is 4.79 Å². The second-order valence-corrected chi connectivity index (χ2v) is 8.92. The van der Waals surface area contributed by atoms with E-state index >= 15 is 0 Å². The van der Waals surface area contributed by atoms with E-state index in [1.54, 1.807) is 0 Å². The summed E-state index contributed by atoms with van der Waals surface area (Å²) in [6, 6.07) is 4.23. The van der Waals surface area contributed by atoms with Gasteiger partial charge in [-0.2, -0.15) is 0 Å². The summed E-state index contributed by atoms with van der Waals surface area (Å²) in [5.74, 6) is 3.36. The van der Waals surface area contributed by atoms with E-state index in [0.717, 1.165) is 69.7 Å². The van der Waals surface area contributed by atoms with E-state index < -0.39 is 0 Å². The topological polar surface area (TPSA) is 52.6 Å². The molecule has 6 nitrogen and oxygen atoms in total. The van der Waals surface area contributed by atoms with Gasteiger partial charge in [-0.1, -0.05) is 19.8 Å². The molecule has 0 aliphatic carbocycles. The van der Waals surface area contributed by atoms with Crippen molar-refractivity contribution in [2.24, 2.45) is 11.8 Å². The van der Waals surface area contributed by atoms with Crippen LogP contribution in [0.1, 0.15) is 58.3 Å². The first kappa shape index (κ1) is 19.5.